The molecule has 0 saturated carbocycles. The van der Waals surface area contributed by atoms with Crippen LogP contribution in [-0.2, 0) is 20.6 Å². The molecule has 152 valence electrons. The Kier molecular flexibility index (Phi) is 8.22. The number of aryl methyl sites for hydroxylation is 2. The smallest absolute Gasteiger partial charge is 0.240 e. The van der Waals surface area contributed by atoms with Gasteiger partial charge in [-0.3, -0.25) is 9.10 Å². The van der Waals surface area contributed by atoms with Crippen molar-refractivity contribution < 1.29 is 13.2 Å². The molecule has 0 atom stereocenters. The highest BCUT2D eigenvalue weighted by Crippen LogP contribution is 2.23. The van der Waals surface area contributed by atoms with E-state index in [-0.39, 0.29) is 12.5 Å². The van der Waals surface area contributed by atoms with Crippen molar-refractivity contribution >= 4 is 45.0 Å². The first kappa shape index (κ1) is 22.6. The summed E-state index contributed by atoms with van der Waals surface area (Å²) >= 11 is 7.78. The predicted molar refractivity (Wildman–Crippen MR) is 119 cm³/mol. The number of rotatable bonds is 9. The largest absolute Gasteiger partial charge is 0.354 e. The molecule has 1 N–H and O–H groups in total. The van der Waals surface area contributed by atoms with Crippen LogP contribution in [0.25, 0.3) is 0 Å². The number of carbonyl (C=O) groups excluding carboxylic acids is 1. The van der Waals surface area contributed by atoms with Crippen molar-refractivity contribution in [1.29, 1.82) is 0 Å². The van der Waals surface area contributed by atoms with Crippen LogP contribution >= 0.6 is 23.4 Å². The molecule has 0 heterocycles. The zero-order chi connectivity index (χ0) is 20.7. The fourth-order valence-corrected chi connectivity index (χ4v) is 4.77. The van der Waals surface area contributed by atoms with E-state index in [0.29, 0.717) is 18.0 Å². The van der Waals surface area contributed by atoms with Crippen molar-refractivity contribution in [2.45, 2.75) is 19.6 Å². The van der Waals surface area contributed by atoms with Gasteiger partial charge in [0.2, 0.25) is 15.9 Å². The van der Waals surface area contributed by atoms with E-state index < -0.39 is 10.0 Å². The van der Waals surface area contributed by atoms with E-state index in [1.807, 2.05) is 50.2 Å². The van der Waals surface area contributed by atoms with Crippen molar-refractivity contribution in [1.82, 2.24) is 5.32 Å². The minimum Gasteiger partial charge on any atom is -0.354 e. The molecule has 1 amide bonds. The lowest BCUT2D eigenvalue weighted by molar-refractivity contribution is -0.119. The van der Waals surface area contributed by atoms with Crippen LogP contribution in [0.4, 0.5) is 5.69 Å². The molecule has 8 heteroatoms. The third-order valence-corrected chi connectivity index (χ3v) is 6.60. The standard InChI is InChI=1S/C20H25ClN2O3S2/c1-15-8-9-19(16(2)12-15)23(28(3,25)26)13-20(24)22-10-11-27-14-17-6-4-5-7-18(17)21/h4-9,12H,10-11,13-14H2,1-3H3,(H,22,24). The van der Waals surface area contributed by atoms with Gasteiger partial charge < -0.3 is 5.32 Å². The Morgan fingerprint density at radius 1 is 1.18 bits per heavy atom. The molecule has 0 aliphatic heterocycles. The van der Waals surface area contributed by atoms with E-state index >= 15 is 0 Å². The molecule has 0 fully saturated rings. The molecular formula is C20H25ClN2O3S2. The fourth-order valence-electron chi connectivity index (χ4n) is 2.71. The molecule has 0 radical (unpaired) electrons. The van der Waals surface area contributed by atoms with Crippen LogP contribution in [0.2, 0.25) is 5.02 Å². The first-order valence-corrected chi connectivity index (χ1v) is 12.2. The van der Waals surface area contributed by atoms with Gasteiger partial charge in [0.05, 0.1) is 11.9 Å². The second-order valence-electron chi connectivity index (χ2n) is 6.55. The molecule has 0 saturated heterocycles. The maximum absolute atomic E-state index is 12.3. The SMILES string of the molecule is Cc1ccc(N(CC(=O)NCCSCc2ccccc2Cl)S(C)(=O)=O)c(C)c1. The molecule has 2 rings (SSSR count). The average Bonchev–Trinajstić information content (AvgIpc) is 2.60. The lowest BCUT2D eigenvalue weighted by Gasteiger charge is -2.24. The predicted octanol–water partition coefficient (Wildman–Crippen LogP) is 3.77. The summed E-state index contributed by atoms with van der Waals surface area (Å²) in [5.74, 6) is 1.14. The summed E-state index contributed by atoms with van der Waals surface area (Å²) in [5.41, 5.74) is 3.43. The zero-order valence-corrected chi connectivity index (χ0v) is 18.6. The molecule has 5 nitrogen and oxygen atoms in total. The first-order chi connectivity index (χ1) is 13.2. The fraction of sp³-hybridized carbons (Fsp3) is 0.350. The summed E-state index contributed by atoms with van der Waals surface area (Å²) in [7, 11) is -3.57. The van der Waals surface area contributed by atoms with Crippen LogP contribution < -0.4 is 9.62 Å². The number of nitrogens with one attached hydrogen (secondary N) is 1. The maximum atomic E-state index is 12.3. The Bertz CT molecular complexity index is 933. The number of hydrogen-bond acceptors (Lipinski definition) is 4. The number of amides is 1. The van der Waals surface area contributed by atoms with Crippen molar-refractivity contribution in [2.24, 2.45) is 0 Å². The lowest BCUT2D eigenvalue weighted by Crippen LogP contribution is -2.41. The Morgan fingerprint density at radius 2 is 1.89 bits per heavy atom. The second-order valence-corrected chi connectivity index (χ2v) is 9.97. The number of carbonyl (C=O) groups is 1. The summed E-state index contributed by atoms with van der Waals surface area (Å²) in [6.07, 6.45) is 1.11. The van der Waals surface area contributed by atoms with Gasteiger partial charge in [0, 0.05) is 23.1 Å². The molecule has 0 spiro atoms. The Hall–Kier alpha value is -1.70. The first-order valence-electron chi connectivity index (χ1n) is 8.81. The van der Waals surface area contributed by atoms with Gasteiger partial charge in [0.15, 0.2) is 0 Å². The average molecular weight is 441 g/mol. The number of halogens is 1. The summed E-state index contributed by atoms with van der Waals surface area (Å²) in [6, 6.07) is 13.1. The van der Waals surface area contributed by atoms with E-state index in [9.17, 15) is 13.2 Å². The molecule has 0 bridgehead atoms. The molecule has 2 aromatic rings. The minimum atomic E-state index is -3.57. The monoisotopic (exact) mass is 440 g/mol. The van der Waals surface area contributed by atoms with Crippen LogP contribution in [0.5, 0.6) is 0 Å². The van der Waals surface area contributed by atoms with E-state index in [4.69, 9.17) is 11.6 Å². The van der Waals surface area contributed by atoms with Gasteiger partial charge in [-0.15, -0.1) is 0 Å². The third-order valence-electron chi connectivity index (χ3n) is 4.09. The number of sulfonamides is 1. The Balaban J connectivity index is 1.88. The van der Waals surface area contributed by atoms with Crippen molar-refractivity contribution in [3.63, 3.8) is 0 Å². The van der Waals surface area contributed by atoms with Crippen LogP contribution in [0.1, 0.15) is 16.7 Å². The molecule has 2 aromatic carbocycles. The zero-order valence-electron chi connectivity index (χ0n) is 16.2. The van der Waals surface area contributed by atoms with Crippen LogP contribution in [0.15, 0.2) is 42.5 Å². The number of hydrogen-bond donors (Lipinski definition) is 1. The van der Waals surface area contributed by atoms with Crippen molar-refractivity contribution in [3.8, 4) is 0 Å². The Morgan fingerprint density at radius 3 is 2.54 bits per heavy atom. The van der Waals surface area contributed by atoms with Gasteiger partial charge in [0.25, 0.3) is 0 Å². The highest BCUT2D eigenvalue weighted by Gasteiger charge is 2.22. The minimum absolute atomic E-state index is 0.238. The molecule has 0 aliphatic rings. The van der Waals surface area contributed by atoms with Gasteiger partial charge in [-0.2, -0.15) is 11.8 Å². The summed E-state index contributed by atoms with van der Waals surface area (Å²) < 4.78 is 25.5. The topological polar surface area (TPSA) is 66.5 Å². The normalized spacial score (nSPS) is 11.3. The van der Waals surface area contributed by atoms with Gasteiger partial charge in [-0.05, 0) is 37.1 Å². The van der Waals surface area contributed by atoms with Gasteiger partial charge >= 0.3 is 0 Å². The van der Waals surface area contributed by atoms with Crippen molar-refractivity contribution in [2.75, 3.05) is 29.4 Å². The highest BCUT2D eigenvalue weighted by atomic mass is 35.5. The van der Waals surface area contributed by atoms with E-state index in [1.165, 1.54) is 0 Å². The maximum Gasteiger partial charge on any atom is 0.240 e. The van der Waals surface area contributed by atoms with E-state index in [2.05, 4.69) is 5.32 Å². The third kappa shape index (κ3) is 6.72. The quantitative estimate of drug-likeness (QED) is 0.602. The number of benzene rings is 2. The molecular weight excluding hydrogens is 416 g/mol. The van der Waals surface area contributed by atoms with Crippen molar-refractivity contribution in [3.05, 3.63) is 64.2 Å². The van der Waals surface area contributed by atoms with Gasteiger partial charge in [-0.25, -0.2) is 8.42 Å². The van der Waals surface area contributed by atoms with E-state index in [0.717, 1.165) is 38.0 Å². The summed E-state index contributed by atoms with van der Waals surface area (Å²) in [6.45, 7) is 3.99. The lowest BCUT2D eigenvalue weighted by atomic mass is 10.1. The summed E-state index contributed by atoms with van der Waals surface area (Å²) in [4.78, 5) is 12.3. The number of anilines is 1. The summed E-state index contributed by atoms with van der Waals surface area (Å²) in [5, 5.41) is 3.52. The Labute approximate surface area is 176 Å². The number of thioether (sulfide) groups is 1. The molecule has 0 aromatic heterocycles. The van der Waals surface area contributed by atoms with Crippen LogP contribution in [-0.4, -0.2) is 39.4 Å². The molecule has 28 heavy (non-hydrogen) atoms. The van der Waals surface area contributed by atoms with E-state index in [1.54, 1.807) is 17.8 Å². The number of nitrogens with zero attached hydrogens (tertiary/aromatic N) is 1. The molecule has 0 unspecified atom stereocenters. The van der Waals surface area contributed by atoms with Crippen LogP contribution in [0, 0.1) is 13.8 Å². The highest BCUT2D eigenvalue weighted by molar-refractivity contribution is 7.98. The van der Waals surface area contributed by atoms with Crippen LogP contribution in [0.3, 0.4) is 0 Å². The van der Waals surface area contributed by atoms with Gasteiger partial charge in [0.1, 0.15) is 6.54 Å². The second kappa shape index (κ2) is 10.2. The molecule has 0 aliphatic carbocycles. The van der Waals surface area contributed by atoms with Gasteiger partial charge in [-0.1, -0.05) is 47.5 Å².